The first-order valence-corrected chi connectivity index (χ1v) is 10.7. The second-order valence-corrected chi connectivity index (χ2v) is 7.71. The number of fused-ring (bicyclic) bond motifs is 1. The number of benzene rings is 2. The molecule has 2 aromatic carbocycles. The van der Waals surface area contributed by atoms with Crippen molar-refractivity contribution in [2.45, 2.75) is 19.0 Å². The Morgan fingerprint density at radius 3 is 2.56 bits per heavy atom. The normalized spacial score (nSPS) is 11.2. The molecule has 2 aromatic heterocycles. The maximum Gasteiger partial charge on any atom is 0.433 e. The minimum atomic E-state index is -4.76. The lowest BCUT2D eigenvalue weighted by molar-refractivity contribution is -0.142. The summed E-state index contributed by atoms with van der Waals surface area (Å²) in [5, 5.41) is 15.3. The van der Waals surface area contributed by atoms with Crippen molar-refractivity contribution in [3.05, 3.63) is 71.5 Å². The molecule has 0 radical (unpaired) electrons. The van der Waals surface area contributed by atoms with Crippen LogP contribution >= 0.6 is 0 Å². The van der Waals surface area contributed by atoms with E-state index in [1.54, 1.807) is 30.3 Å². The fraction of sp³-hybridized carbons (Fsp3) is 0.200. The number of halogens is 3. The van der Waals surface area contributed by atoms with E-state index in [0.29, 0.717) is 40.1 Å². The number of hydrogen-bond acceptors (Lipinski definition) is 6. The zero-order chi connectivity index (χ0) is 25.9. The van der Waals surface area contributed by atoms with Gasteiger partial charge in [-0.1, -0.05) is 12.1 Å². The predicted molar refractivity (Wildman–Crippen MR) is 125 cm³/mol. The van der Waals surface area contributed by atoms with Gasteiger partial charge in [-0.25, -0.2) is 9.50 Å². The quantitative estimate of drug-likeness (QED) is 0.381. The molecule has 0 atom stereocenters. The maximum absolute atomic E-state index is 13.9. The molecule has 4 aromatic rings. The Balaban J connectivity index is 1.72. The van der Waals surface area contributed by atoms with Crippen molar-refractivity contribution in [1.29, 1.82) is 5.26 Å². The Morgan fingerprint density at radius 2 is 1.86 bits per heavy atom. The third-order valence-electron chi connectivity index (χ3n) is 5.34. The molecule has 0 aliphatic rings. The van der Waals surface area contributed by atoms with Crippen LogP contribution in [-0.2, 0) is 12.6 Å². The first-order chi connectivity index (χ1) is 17.2. The monoisotopic (exact) mass is 495 g/mol. The molecule has 184 valence electrons. The molecule has 2 heterocycles. The van der Waals surface area contributed by atoms with Crippen LogP contribution in [0.1, 0.15) is 28.2 Å². The fourth-order valence-electron chi connectivity index (χ4n) is 3.63. The third kappa shape index (κ3) is 5.07. The van der Waals surface area contributed by atoms with E-state index in [2.05, 4.69) is 21.5 Å². The number of nitrogens with zero attached hydrogens (tertiary/aromatic N) is 4. The molecule has 0 unspecified atom stereocenters. The Morgan fingerprint density at radius 1 is 1.08 bits per heavy atom. The number of rotatable bonds is 7. The number of carbonyl (C=O) groups is 1. The topological polar surface area (TPSA) is 102 Å². The van der Waals surface area contributed by atoms with Crippen LogP contribution in [0.2, 0.25) is 0 Å². The zero-order valence-electron chi connectivity index (χ0n) is 19.3. The lowest BCUT2D eigenvalue weighted by Crippen LogP contribution is -2.15. The highest BCUT2D eigenvalue weighted by Gasteiger charge is 2.35. The van der Waals surface area contributed by atoms with E-state index in [1.165, 1.54) is 26.4 Å². The van der Waals surface area contributed by atoms with Crippen molar-refractivity contribution in [2.24, 2.45) is 0 Å². The number of carbonyl (C=O) groups excluding carboxylic acids is 1. The summed E-state index contributed by atoms with van der Waals surface area (Å²) in [4.78, 5) is 17.1. The number of nitriles is 1. The van der Waals surface area contributed by atoms with Crippen LogP contribution in [-0.4, -0.2) is 34.7 Å². The lowest BCUT2D eigenvalue weighted by Gasteiger charge is -2.12. The van der Waals surface area contributed by atoms with Crippen molar-refractivity contribution < 1.29 is 27.4 Å². The minimum Gasteiger partial charge on any atom is -0.493 e. The van der Waals surface area contributed by atoms with Gasteiger partial charge in [-0.15, -0.1) is 0 Å². The van der Waals surface area contributed by atoms with Crippen molar-refractivity contribution in [3.8, 4) is 28.8 Å². The van der Waals surface area contributed by atoms with Crippen LogP contribution in [0.25, 0.3) is 16.9 Å². The number of amides is 1. The molecule has 11 heteroatoms. The van der Waals surface area contributed by atoms with Gasteiger partial charge in [0.05, 0.1) is 26.0 Å². The molecular formula is C25H20F3N5O3. The summed E-state index contributed by atoms with van der Waals surface area (Å²) in [7, 11) is 2.87. The molecule has 0 fully saturated rings. The smallest absolute Gasteiger partial charge is 0.433 e. The van der Waals surface area contributed by atoms with Gasteiger partial charge in [0.25, 0.3) is 5.91 Å². The van der Waals surface area contributed by atoms with Crippen molar-refractivity contribution in [1.82, 2.24) is 14.6 Å². The molecular weight excluding hydrogens is 475 g/mol. The Bertz CT molecular complexity index is 1470. The average Bonchev–Trinajstić information content (AvgIpc) is 3.30. The number of aromatic nitrogens is 3. The van der Waals surface area contributed by atoms with E-state index in [4.69, 9.17) is 14.7 Å². The van der Waals surface area contributed by atoms with Crippen LogP contribution in [0.4, 0.5) is 18.9 Å². The maximum atomic E-state index is 13.9. The first-order valence-electron chi connectivity index (χ1n) is 10.7. The predicted octanol–water partition coefficient (Wildman–Crippen LogP) is 5.14. The van der Waals surface area contributed by atoms with Gasteiger partial charge >= 0.3 is 6.18 Å². The highest BCUT2D eigenvalue weighted by Crippen LogP contribution is 2.35. The van der Waals surface area contributed by atoms with E-state index in [-0.39, 0.29) is 17.0 Å². The third-order valence-corrected chi connectivity index (χ3v) is 5.34. The number of nitrogens with one attached hydrogen (secondary N) is 1. The molecule has 1 amide bonds. The number of aryl methyl sites for hydroxylation is 1. The number of alkyl halides is 3. The van der Waals surface area contributed by atoms with Gasteiger partial charge in [0, 0.05) is 23.7 Å². The highest BCUT2D eigenvalue weighted by molar-refractivity contribution is 6.03. The molecule has 0 saturated heterocycles. The molecule has 0 aliphatic heterocycles. The van der Waals surface area contributed by atoms with Gasteiger partial charge in [-0.2, -0.15) is 23.5 Å². The fourth-order valence-corrected chi connectivity index (χ4v) is 3.63. The standard InChI is InChI=1S/C25H20F3N5O3/c1-35-20-9-8-16(12-21(20)36-2)18-13-22(25(26,27)28)33-23(31-18)14-19(32-33)24(34)30-17-7-3-5-15(11-17)6-4-10-29/h3,5,7-9,11-14H,4,6H2,1-2H3,(H,30,34). The molecule has 0 saturated carbocycles. The molecule has 0 aliphatic carbocycles. The van der Waals surface area contributed by atoms with Crippen LogP contribution in [0.3, 0.4) is 0 Å². The number of anilines is 1. The zero-order valence-corrected chi connectivity index (χ0v) is 19.3. The van der Waals surface area contributed by atoms with Gasteiger partial charge in [0.15, 0.2) is 28.5 Å². The summed E-state index contributed by atoms with van der Waals surface area (Å²) in [6.45, 7) is 0. The number of hydrogen-bond donors (Lipinski definition) is 1. The lowest BCUT2D eigenvalue weighted by atomic mass is 10.1. The summed E-state index contributed by atoms with van der Waals surface area (Å²) in [6, 6.07) is 15.6. The summed E-state index contributed by atoms with van der Waals surface area (Å²) in [5.74, 6) is 0.0490. The number of methoxy groups -OCH3 is 2. The summed E-state index contributed by atoms with van der Waals surface area (Å²) >= 11 is 0. The van der Waals surface area contributed by atoms with Gasteiger partial charge < -0.3 is 14.8 Å². The molecule has 0 spiro atoms. The number of ether oxygens (including phenoxy) is 2. The van der Waals surface area contributed by atoms with Crippen LogP contribution < -0.4 is 14.8 Å². The molecule has 1 N–H and O–H groups in total. The van der Waals surface area contributed by atoms with Crippen LogP contribution in [0, 0.1) is 11.3 Å². The summed E-state index contributed by atoms with van der Waals surface area (Å²) in [6.07, 6.45) is -3.94. The van der Waals surface area contributed by atoms with Crippen LogP contribution in [0.5, 0.6) is 11.5 Å². The van der Waals surface area contributed by atoms with Gasteiger partial charge in [0.1, 0.15) is 0 Å². The van der Waals surface area contributed by atoms with Crippen molar-refractivity contribution >= 4 is 17.2 Å². The van der Waals surface area contributed by atoms with Crippen molar-refractivity contribution in [2.75, 3.05) is 19.5 Å². The summed E-state index contributed by atoms with van der Waals surface area (Å²) in [5.41, 5.74) is 0.180. The van der Waals surface area contributed by atoms with E-state index in [0.717, 1.165) is 11.6 Å². The minimum absolute atomic E-state index is 0.0211. The largest absolute Gasteiger partial charge is 0.493 e. The Labute approximate surface area is 203 Å². The second kappa shape index (κ2) is 9.95. The van der Waals surface area contributed by atoms with Crippen LogP contribution in [0.15, 0.2) is 54.6 Å². The Kier molecular flexibility index (Phi) is 6.78. The Hall–Kier alpha value is -4.59. The highest BCUT2D eigenvalue weighted by atomic mass is 19.4. The van der Waals surface area contributed by atoms with Gasteiger partial charge in [-0.05, 0) is 48.4 Å². The van der Waals surface area contributed by atoms with E-state index < -0.39 is 17.8 Å². The first kappa shape index (κ1) is 24.5. The van der Waals surface area contributed by atoms with Gasteiger partial charge in [0.2, 0.25) is 0 Å². The van der Waals surface area contributed by atoms with E-state index >= 15 is 0 Å². The molecule has 36 heavy (non-hydrogen) atoms. The SMILES string of the molecule is COc1ccc(-c2cc(C(F)(F)F)n3nc(C(=O)Nc4cccc(CCC#N)c4)cc3n2)cc1OC. The van der Waals surface area contributed by atoms with Gasteiger partial charge in [-0.3, -0.25) is 4.79 Å². The molecule has 0 bridgehead atoms. The second-order valence-electron chi connectivity index (χ2n) is 7.71. The van der Waals surface area contributed by atoms with E-state index in [9.17, 15) is 18.0 Å². The summed E-state index contributed by atoms with van der Waals surface area (Å²) < 4.78 is 52.8. The van der Waals surface area contributed by atoms with E-state index in [1.807, 2.05) is 6.07 Å². The van der Waals surface area contributed by atoms with Crippen molar-refractivity contribution in [3.63, 3.8) is 0 Å². The average molecular weight is 495 g/mol. The molecule has 8 nitrogen and oxygen atoms in total. The molecule has 4 rings (SSSR count).